The minimum atomic E-state index is 0.663. The quantitative estimate of drug-likeness (QED) is 0.508. The van der Waals surface area contributed by atoms with Crippen molar-refractivity contribution >= 4 is 0 Å². The molecule has 0 rings (SSSR count). The first-order valence-electron chi connectivity index (χ1n) is 6.13. The zero-order valence-corrected chi connectivity index (χ0v) is 10.7. The molecule has 0 aromatic carbocycles. The average Bonchev–Trinajstić information content (AvgIpc) is 2.14. The Morgan fingerprint density at radius 3 is 2.00 bits per heavy atom. The molecule has 0 aliphatic heterocycles. The van der Waals surface area contributed by atoms with E-state index in [2.05, 4.69) is 47.3 Å². The van der Waals surface area contributed by atoms with Crippen LogP contribution >= 0.6 is 0 Å². The predicted molar refractivity (Wildman–Crippen MR) is 66.4 cm³/mol. The van der Waals surface area contributed by atoms with Crippen LogP contribution in [0, 0.1) is 23.7 Å². The summed E-state index contributed by atoms with van der Waals surface area (Å²) >= 11 is 0. The number of hydrogen-bond donors (Lipinski definition) is 0. The summed E-state index contributed by atoms with van der Waals surface area (Å²) < 4.78 is 0. The lowest BCUT2D eigenvalue weighted by atomic mass is 9.82. The van der Waals surface area contributed by atoms with Crippen LogP contribution in [-0.2, 0) is 0 Å². The van der Waals surface area contributed by atoms with Crippen molar-refractivity contribution < 1.29 is 0 Å². The summed E-state index contributed by atoms with van der Waals surface area (Å²) in [7, 11) is 0. The molecule has 0 saturated carbocycles. The maximum atomic E-state index is 3.88. The molecule has 0 heterocycles. The van der Waals surface area contributed by atoms with Crippen LogP contribution in [0.15, 0.2) is 12.7 Å². The van der Waals surface area contributed by atoms with Crippen molar-refractivity contribution in [3.8, 4) is 0 Å². The number of allylic oxidation sites excluding steroid dienone is 1. The highest BCUT2D eigenvalue weighted by molar-refractivity contribution is 4.80. The molecule has 0 N–H and O–H groups in total. The van der Waals surface area contributed by atoms with Gasteiger partial charge in [0, 0.05) is 0 Å². The fraction of sp³-hybridized carbons (Fsp3) is 0.857. The van der Waals surface area contributed by atoms with Gasteiger partial charge >= 0.3 is 0 Å². The van der Waals surface area contributed by atoms with E-state index in [1.807, 2.05) is 0 Å². The van der Waals surface area contributed by atoms with E-state index in [1.54, 1.807) is 0 Å². The third kappa shape index (κ3) is 5.47. The lowest BCUT2D eigenvalue weighted by Gasteiger charge is -2.24. The Labute approximate surface area is 90.8 Å². The molecule has 0 saturated heterocycles. The standard InChI is InChI=1S/C14H28/c1-7-12(5)13(6)10-14(8-2)9-11(3)4/h7,11-14H,1,8-10H2,2-6H3. The van der Waals surface area contributed by atoms with E-state index in [9.17, 15) is 0 Å². The maximum absolute atomic E-state index is 3.88. The molecule has 0 fully saturated rings. The van der Waals surface area contributed by atoms with Gasteiger partial charge in [-0.2, -0.15) is 0 Å². The highest BCUT2D eigenvalue weighted by Gasteiger charge is 2.15. The highest BCUT2D eigenvalue weighted by Crippen LogP contribution is 2.27. The van der Waals surface area contributed by atoms with Gasteiger partial charge in [-0.05, 0) is 36.5 Å². The van der Waals surface area contributed by atoms with Crippen LogP contribution in [0.3, 0.4) is 0 Å². The summed E-state index contributed by atoms with van der Waals surface area (Å²) in [6.45, 7) is 15.5. The van der Waals surface area contributed by atoms with Gasteiger partial charge in [-0.25, -0.2) is 0 Å². The van der Waals surface area contributed by atoms with Crippen molar-refractivity contribution in [2.45, 2.75) is 53.9 Å². The van der Waals surface area contributed by atoms with E-state index in [4.69, 9.17) is 0 Å². The van der Waals surface area contributed by atoms with Crippen molar-refractivity contribution in [1.29, 1.82) is 0 Å². The van der Waals surface area contributed by atoms with Gasteiger partial charge in [0.15, 0.2) is 0 Å². The molecule has 3 unspecified atom stereocenters. The predicted octanol–water partition coefficient (Wildman–Crippen LogP) is 4.91. The van der Waals surface area contributed by atoms with Crippen molar-refractivity contribution in [2.75, 3.05) is 0 Å². The summed E-state index contributed by atoms with van der Waals surface area (Å²) in [4.78, 5) is 0. The van der Waals surface area contributed by atoms with E-state index in [0.717, 1.165) is 17.8 Å². The zero-order valence-electron chi connectivity index (χ0n) is 10.7. The fourth-order valence-electron chi connectivity index (χ4n) is 2.07. The van der Waals surface area contributed by atoms with E-state index in [0.29, 0.717) is 5.92 Å². The minimum absolute atomic E-state index is 0.663. The number of hydrogen-bond acceptors (Lipinski definition) is 0. The third-order valence-corrected chi connectivity index (χ3v) is 3.36. The molecule has 0 aromatic rings. The molecule has 0 aromatic heterocycles. The van der Waals surface area contributed by atoms with Gasteiger partial charge in [0.25, 0.3) is 0 Å². The van der Waals surface area contributed by atoms with E-state index in [1.165, 1.54) is 19.3 Å². The van der Waals surface area contributed by atoms with Crippen LogP contribution in [0.2, 0.25) is 0 Å². The molecule has 0 spiro atoms. The van der Waals surface area contributed by atoms with Crippen molar-refractivity contribution in [3.63, 3.8) is 0 Å². The topological polar surface area (TPSA) is 0 Å². The normalized spacial score (nSPS) is 17.9. The first kappa shape index (κ1) is 13.7. The molecule has 0 aliphatic carbocycles. The van der Waals surface area contributed by atoms with E-state index in [-0.39, 0.29) is 0 Å². The Morgan fingerprint density at radius 1 is 1.07 bits per heavy atom. The molecule has 0 radical (unpaired) electrons. The zero-order chi connectivity index (χ0) is 11.1. The average molecular weight is 196 g/mol. The van der Waals surface area contributed by atoms with Crippen LogP contribution in [0.5, 0.6) is 0 Å². The van der Waals surface area contributed by atoms with E-state index < -0.39 is 0 Å². The first-order chi connectivity index (χ1) is 6.51. The molecule has 0 heteroatoms. The van der Waals surface area contributed by atoms with Gasteiger partial charge in [-0.15, -0.1) is 6.58 Å². The van der Waals surface area contributed by atoms with Gasteiger partial charge in [0.2, 0.25) is 0 Å². The number of rotatable bonds is 7. The van der Waals surface area contributed by atoms with Crippen LogP contribution < -0.4 is 0 Å². The Balaban J connectivity index is 3.97. The summed E-state index contributed by atoms with van der Waals surface area (Å²) in [5.74, 6) is 3.20. The van der Waals surface area contributed by atoms with Gasteiger partial charge in [0.05, 0.1) is 0 Å². The molecule has 0 nitrogen and oxygen atoms in total. The first-order valence-corrected chi connectivity index (χ1v) is 6.13. The smallest absolute Gasteiger partial charge is 0.0239 e. The second-order valence-corrected chi connectivity index (χ2v) is 5.21. The second-order valence-electron chi connectivity index (χ2n) is 5.21. The van der Waals surface area contributed by atoms with Gasteiger partial charge in [0.1, 0.15) is 0 Å². The van der Waals surface area contributed by atoms with Crippen LogP contribution in [-0.4, -0.2) is 0 Å². The molecular formula is C14H28. The molecule has 0 aliphatic rings. The Morgan fingerprint density at radius 2 is 1.64 bits per heavy atom. The molecule has 0 bridgehead atoms. The second kappa shape index (κ2) is 7.09. The van der Waals surface area contributed by atoms with Crippen LogP contribution in [0.1, 0.15) is 53.9 Å². The van der Waals surface area contributed by atoms with Crippen molar-refractivity contribution in [3.05, 3.63) is 12.7 Å². The molecular weight excluding hydrogens is 168 g/mol. The summed E-state index contributed by atoms with van der Waals surface area (Å²) in [5.41, 5.74) is 0. The summed E-state index contributed by atoms with van der Waals surface area (Å²) in [5, 5.41) is 0. The van der Waals surface area contributed by atoms with Crippen LogP contribution in [0.4, 0.5) is 0 Å². The van der Waals surface area contributed by atoms with Gasteiger partial charge < -0.3 is 0 Å². The lowest BCUT2D eigenvalue weighted by Crippen LogP contribution is -2.13. The minimum Gasteiger partial charge on any atom is -0.103 e. The van der Waals surface area contributed by atoms with Crippen molar-refractivity contribution in [2.24, 2.45) is 23.7 Å². The summed E-state index contributed by atoms with van der Waals surface area (Å²) in [6, 6.07) is 0. The largest absolute Gasteiger partial charge is 0.103 e. The monoisotopic (exact) mass is 196 g/mol. The summed E-state index contributed by atoms with van der Waals surface area (Å²) in [6.07, 6.45) is 6.16. The Hall–Kier alpha value is -0.260. The van der Waals surface area contributed by atoms with Crippen molar-refractivity contribution in [1.82, 2.24) is 0 Å². The highest BCUT2D eigenvalue weighted by atomic mass is 14.2. The Kier molecular flexibility index (Phi) is 6.96. The fourth-order valence-corrected chi connectivity index (χ4v) is 2.07. The van der Waals surface area contributed by atoms with Crippen LogP contribution in [0.25, 0.3) is 0 Å². The lowest BCUT2D eigenvalue weighted by molar-refractivity contribution is 0.293. The molecule has 3 atom stereocenters. The molecule has 0 amide bonds. The van der Waals surface area contributed by atoms with Gasteiger partial charge in [-0.3, -0.25) is 0 Å². The Bertz CT molecular complexity index is 146. The molecule has 14 heavy (non-hydrogen) atoms. The maximum Gasteiger partial charge on any atom is -0.0239 e. The SMILES string of the molecule is C=CC(C)C(C)CC(CC)CC(C)C. The van der Waals surface area contributed by atoms with Gasteiger partial charge in [-0.1, -0.05) is 47.1 Å². The van der Waals surface area contributed by atoms with E-state index >= 15 is 0 Å². The third-order valence-electron chi connectivity index (χ3n) is 3.36. The molecule has 84 valence electrons.